The molecule has 8 aromatic carbocycles. The van der Waals surface area contributed by atoms with Crippen molar-refractivity contribution in [3.05, 3.63) is 158 Å². The van der Waals surface area contributed by atoms with E-state index in [2.05, 4.69) is 167 Å². The fourth-order valence-corrected chi connectivity index (χ4v) is 8.74. The van der Waals surface area contributed by atoms with Gasteiger partial charge in [-0.05, 0) is 51.2 Å². The molecule has 4 heterocycles. The zero-order valence-corrected chi connectivity index (χ0v) is 26.8. The minimum absolute atomic E-state index is 0.672. The van der Waals surface area contributed by atoms with Crippen LogP contribution in [0.4, 0.5) is 0 Å². The molecule has 0 aliphatic carbocycles. The summed E-state index contributed by atoms with van der Waals surface area (Å²) in [5.74, 6) is 0.672. The molecule has 0 bridgehead atoms. The first-order valence-corrected chi connectivity index (χ1v) is 17.1. The summed E-state index contributed by atoms with van der Waals surface area (Å²) in [6.45, 7) is 0. The quantitative estimate of drug-likeness (QED) is 0.177. The summed E-state index contributed by atoms with van der Waals surface area (Å²) in [6, 6.07) is 56.7. The highest BCUT2D eigenvalue weighted by molar-refractivity contribution is 6.35. The SMILES string of the molecule is c1ccc(-c2nc(-n3c4ccc5ccccc5c4c4c3c3cc5ccccc5c5c6ccccc6n4c35)nc3c2ccc2ccccc23)cc1. The van der Waals surface area contributed by atoms with Crippen molar-refractivity contribution in [2.75, 3.05) is 0 Å². The Labute approximate surface area is 285 Å². The van der Waals surface area contributed by atoms with Crippen molar-refractivity contribution in [2.24, 2.45) is 0 Å². The molecule has 0 fully saturated rings. The predicted octanol–water partition coefficient (Wildman–Crippen LogP) is 11.9. The van der Waals surface area contributed by atoms with Gasteiger partial charge in [0.15, 0.2) is 0 Å². The molecule has 0 spiro atoms. The van der Waals surface area contributed by atoms with Crippen molar-refractivity contribution >= 4 is 92.3 Å². The number of aromatic nitrogens is 4. The molecular weight excluding hydrogens is 609 g/mol. The van der Waals surface area contributed by atoms with Crippen LogP contribution in [0.2, 0.25) is 0 Å². The van der Waals surface area contributed by atoms with Gasteiger partial charge in [-0.2, -0.15) is 0 Å². The second kappa shape index (κ2) is 9.43. The zero-order chi connectivity index (χ0) is 32.5. The Hall–Kier alpha value is -6.78. The fourth-order valence-electron chi connectivity index (χ4n) is 8.74. The van der Waals surface area contributed by atoms with E-state index in [1.54, 1.807) is 0 Å². The van der Waals surface area contributed by atoms with Crippen molar-refractivity contribution in [3.8, 4) is 17.2 Å². The third kappa shape index (κ3) is 3.25. The topological polar surface area (TPSA) is 35.1 Å². The lowest BCUT2D eigenvalue weighted by atomic mass is 10.0. The van der Waals surface area contributed by atoms with Gasteiger partial charge in [0.1, 0.15) is 0 Å². The third-order valence-electron chi connectivity index (χ3n) is 10.8. The largest absolute Gasteiger partial charge is 0.306 e. The minimum atomic E-state index is 0.672. The summed E-state index contributed by atoms with van der Waals surface area (Å²) < 4.78 is 4.86. The molecule has 4 nitrogen and oxygen atoms in total. The van der Waals surface area contributed by atoms with Gasteiger partial charge in [-0.25, -0.2) is 9.97 Å². The van der Waals surface area contributed by atoms with Crippen LogP contribution < -0.4 is 0 Å². The molecule has 0 N–H and O–H groups in total. The highest BCUT2D eigenvalue weighted by atomic mass is 15.2. The molecule has 4 aromatic heterocycles. The summed E-state index contributed by atoms with van der Waals surface area (Å²) in [6.07, 6.45) is 0. The lowest BCUT2D eigenvalue weighted by Crippen LogP contribution is -2.04. The van der Waals surface area contributed by atoms with Gasteiger partial charge in [-0.1, -0.05) is 133 Å². The van der Waals surface area contributed by atoms with Crippen molar-refractivity contribution in [1.82, 2.24) is 18.9 Å². The Kier molecular flexibility index (Phi) is 4.94. The first-order chi connectivity index (χ1) is 24.8. The number of para-hydroxylation sites is 1. The molecule has 0 aliphatic rings. The van der Waals surface area contributed by atoms with Crippen LogP contribution in [-0.4, -0.2) is 18.9 Å². The summed E-state index contributed by atoms with van der Waals surface area (Å²) in [5.41, 5.74) is 8.82. The Morgan fingerprint density at radius 3 is 1.84 bits per heavy atom. The van der Waals surface area contributed by atoms with Crippen LogP contribution >= 0.6 is 0 Å². The molecule has 4 heteroatoms. The smallest absolute Gasteiger partial charge is 0.235 e. The fraction of sp³-hybridized carbons (Fsp3) is 0. The Morgan fingerprint density at radius 2 is 1.02 bits per heavy atom. The van der Waals surface area contributed by atoms with Crippen LogP contribution in [0.15, 0.2) is 158 Å². The summed E-state index contributed by atoms with van der Waals surface area (Å²) in [5, 5.41) is 13.2. The highest BCUT2D eigenvalue weighted by Crippen LogP contribution is 2.48. The molecule has 0 amide bonds. The first-order valence-electron chi connectivity index (χ1n) is 17.1. The number of nitrogens with zero attached hydrogens (tertiary/aromatic N) is 4. The maximum absolute atomic E-state index is 5.52. The van der Waals surface area contributed by atoms with Crippen molar-refractivity contribution in [1.29, 1.82) is 0 Å². The summed E-state index contributed by atoms with van der Waals surface area (Å²) in [4.78, 5) is 11.0. The first kappa shape index (κ1) is 26.2. The maximum atomic E-state index is 5.52. The van der Waals surface area contributed by atoms with Gasteiger partial charge in [0.25, 0.3) is 0 Å². The average Bonchev–Trinajstić information content (AvgIpc) is 3.82. The normalized spacial score (nSPS) is 12.4. The Bertz CT molecular complexity index is 3370. The van der Waals surface area contributed by atoms with E-state index in [-0.39, 0.29) is 0 Å². The van der Waals surface area contributed by atoms with Gasteiger partial charge in [0.2, 0.25) is 5.95 Å². The monoisotopic (exact) mass is 634 g/mol. The summed E-state index contributed by atoms with van der Waals surface area (Å²) in [7, 11) is 0. The molecular formula is C46H26N4. The number of benzene rings is 8. The number of rotatable bonds is 2. The molecule has 0 atom stereocenters. The molecule has 12 rings (SSSR count). The van der Waals surface area contributed by atoms with E-state index in [1.807, 2.05) is 0 Å². The molecule has 0 unspecified atom stereocenters. The minimum Gasteiger partial charge on any atom is -0.306 e. The van der Waals surface area contributed by atoms with E-state index in [1.165, 1.54) is 59.6 Å². The van der Waals surface area contributed by atoms with Gasteiger partial charge >= 0.3 is 0 Å². The van der Waals surface area contributed by atoms with Crippen LogP contribution in [0.25, 0.3) is 110 Å². The summed E-state index contributed by atoms with van der Waals surface area (Å²) >= 11 is 0. The number of hydrogen-bond acceptors (Lipinski definition) is 2. The second-order valence-electron chi connectivity index (χ2n) is 13.4. The maximum Gasteiger partial charge on any atom is 0.235 e. The zero-order valence-electron chi connectivity index (χ0n) is 26.8. The lowest BCUT2D eigenvalue weighted by molar-refractivity contribution is 1.02. The molecule has 230 valence electrons. The van der Waals surface area contributed by atoms with E-state index in [0.29, 0.717) is 5.95 Å². The predicted molar refractivity (Wildman–Crippen MR) is 209 cm³/mol. The highest BCUT2D eigenvalue weighted by Gasteiger charge is 2.28. The lowest BCUT2D eigenvalue weighted by Gasteiger charge is -2.13. The standard InChI is InChI=1S/C46H26N4/c1-2-14-29(15-3-1)41-35-24-22-28-13-5-9-19-33(28)42(35)48-46(47-41)50-38-25-23-27-12-4-7-17-31(27)40(38)45-44(50)36-26-30-16-6-8-18-32(30)39-34-20-10-11-21-37(34)49(45)43(36)39/h1-26H. The van der Waals surface area contributed by atoms with Crippen molar-refractivity contribution < 1.29 is 0 Å². The van der Waals surface area contributed by atoms with Crippen LogP contribution in [0, 0.1) is 0 Å². The molecule has 12 aromatic rings. The molecule has 50 heavy (non-hydrogen) atoms. The van der Waals surface area contributed by atoms with E-state index in [9.17, 15) is 0 Å². The molecule has 0 saturated carbocycles. The van der Waals surface area contributed by atoms with E-state index in [4.69, 9.17) is 9.97 Å². The third-order valence-corrected chi connectivity index (χ3v) is 10.8. The van der Waals surface area contributed by atoms with Gasteiger partial charge in [0.05, 0.1) is 38.8 Å². The Morgan fingerprint density at radius 1 is 0.380 bits per heavy atom. The van der Waals surface area contributed by atoms with Crippen LogP contribution in [0.5, 0.6) is 0 Å². The number of hydrogen-bond donors (Lipinski definition) is 0. The van der Waals surface area contributed by atoms with Gasteiger partial charge in [-0.3, -0.25) is 4.57 Å². The van der Waals surface area contributed by atoms with E-state index < -0.39 is 0 Å². The molecule has 0 aliphatic heterocycles. The molecule has 0 saturated heterocycles. The average molecular weight is 635 g/mol. The molecule has 0 radical (unpaired) electrons. The second-order valence-corrected chi connectivity index (χ2v) is 13.4. The van der Waals surface area contributed by atoms with Crippen LogP contribution in [0.1, 0.15) is 0 Å². The van der Waals surface area contributed by atoms with E-state index >= 15 is 0 Å². The van der Waals surface area contributed by atoms with Crippen molar-refractivity contribution in [3.63, 3.8) is 0 Å². The van der Waals surface area contributed by atoms with Gasteiger partial charge < -0.3 is 4.40 Å². The van der Waals surface area contributed by atoms with Gasteiger partial charge in [0, 0.05) is 37.9 Å². The van der Waals surface area contributed by atoms with Crippen LogP contribution in [-0.2, 0) is 0 Å². The van der Waals surface area contributed by atoms with Crippen molar-refractivity contribution in [2.45, 2.75) is 0 Å². The van der Waals surface area contributed by atoms with Crippen LogP contribution in [0.3, 0.4) is 0 Å². The Balaban J connectivity index is 1.37. The van der Waals surface area contributed by atoms with Gasteiger partial charge in [-0.15, -0.1) is 0 Å². The number of fused-ring (bicyclic) bond motifs is 15. The van der Waals surface area contributed by atoms with E-state index in [0.717, 1.165) is 44.0 Å².